The molecule has 0 spiro atoms. The van der Waals surface area contributed by atoms with Crippen molar-refractivity contribution in [2.45, 2.75) is 45.6 Å². The van der Waals surface area contributed by atoms with Crippen molar-refractivity contribution in [3.8, 4) is 0 Å². The molecule has 1 rings (SSSR count). The Balaban J connectivity index is 2.43. The highest BCUT2D eigenvalue weighted by atomic mass is 32.2. The standard InChI is InChI=1S/C16H27NOS/c1-5-19(18)12-11-17-14(2)13-16(3,4)15-9-7-6-8-10-15/h6-10,14,17H,5,11-13H2,1-4H3. The maximum absolute atomic E-state index is 11.4. The summed E-state index contributed by atoms with van der Waals surface area (Å²) in [5.74, 6) is 1.51. The SMILES string of the molecule is CCS(=O)CCNC(C)CC(C)(C)c1ccccc1. The van der Waals surface area contributed by atoms with Gasteiger partial charge in [-0.2, -0.15) is 0 Å². The minimum Gasteiger partial charge on any atom is -0.313 e. The zero-order valence-corrected chi connectivity index (χ0v) is 13.4. The third kappa shape index (κ3) is 5.87. The van der Waals surface area contributed by atoms with Crippen molar-refractivity contribution in [2.75, 3.05) is 18.1 Å². The summed E-state index contributed by atoms with van der Waals surface area (Å²) < 4.78 is 11.4. The largest absolute Gasteiger partial charge is 0.313 e. The Labute approximate surface area is 120 Å². The van der Waals surface area contributed by atoms with Gasteiger partial charge in [-0.1, -0.05) is 51.1 Å². The van der Waals surface area contributed by atoms with Gasteiger partial charge in [0.05, 0.1) is 0 Å². The topological polar surface area (TPSA) is 29.1 Å². The van der Waals surface area contributed by atoms with Crippen molar-refractivity contribution in [2.24, 2.45) is 0 Å². The monoisotopic (exact) mass is 281 g/mol. The Kier molecular flexibility index (Phi) is 6.73. The fourth-order valence-corrected chi connectivity index (χ4v) is 3.04. The molecule has 19 heavy (non-hydrogen) atoms. The van der Waals surface area contributed by atoms with Crippen molar-refractivity contribution in [3.05, 3.63) is 35.9 Å². The van der Waals surface area contributed by atoms with Crippen LogP contribution in [0.2, 0.25) is 0 Å². The predicted octanol–water partition coefficient (Wildman–Crippen LogP) is 3.10. The summed E-state index contributed by atoms with van der Waals surface area (Å²) in [6.45, 7) is 9.58. The minimum atomic E-state index is -0.665. The molecule has 1 aromatic carbocycles. The molecular weight excluding hydrogens is 254 g/mol. The van der Waals surface area contributed by atoms with Crippen LogP contribution in [0.4, 0.5) is 0 Å². The highest BCUT2D eigenvalue weighted by molar-refractivity contribution is 7.84. The van der Waals surface area contributed by atoms with Gasteiger partial charge in [0.2, 0.25) is 0 Å². The van der Waals surface area contributed by atoms with Crippen molar-refractivity contribution in [1.82, 2.24) is 5.32 Å². The van der Waals surface area contributed by atoms with Gasteiger partial charge in [-0.05, 0) is 24.3 Å². The van der Waals surface area contributed by atoms with Crippen LogP contribution in [-0.2, 0) is 16.2 Å². The Morgan fingerprint density at radius 2 is 1.89 bits per heavy atom. The minimum absolute atomic E-state index is 0.164. The van der Waals surface area contributed by atoms with Crippen LogP contribution in [0.5, 0.6) is 0 Å². The highest BCUT2D eigenvalue weighted by Crippen LogP contribution is 2.27. The first kappa shape index (κ1) is 16.4. The molecule has 108 valence electrons. The first-order chi connectivity index (χ1) is 8.95. The molecule has 0 amide bonds. The van der Waals surface area contributed by atoms with E-state index < -0.39 is 10.8 Å². The first-order valence-electron chi connectivity index (χ1n) is 7.09. The van der Waals surface area contributed by atoms with Crippen LogP contribution in [0.15, 0.2) is 30.3 Å². The smallest absolute Gasteiger partial charge is 0.0360 e. The summed E-state index contributed by atoms with van der Waals surface area (Å²) in [6, 6.07) is 11.1. The van der Waals surface area contributed by atoms with E-state index in [1.54, 1.807) is 0 Å². The van der Waals surface area contributed by atoms with E-state index in [9.17, 15) is 4.21 Å². The second kappa shape index (κ2) is 7.81. The average Bonchev–Trinajstić information content (AvgIpc) is 2.39. The Morgan fingerprint density at radius 1 is 1.26 bits per heavy atom. The fraction of sp³-hybridized carbons (Fsp3) is 0.625. The van der Waals surface area contributed by atoms with E-state index in [0.29, 0.717) is 6.04 Å². The van der Waals surface area contributed by atoms with E-state index in [4.69, 9.17) is 0 Å². The lowest BCUT2D eigenvalue weighted by atomic mass is 9.79. The number of rotatable bonds is 8. The molecule has 1 aromatic rings. The molecule has 0 fully saturated rings. The molecule has 0 heterocycles. The van der Waals surface area contributed by atoms with Gasteiger partial charge in [-0.25, -0.2) is 0 Å². The van der Waals surface area contributed by atoms with Crippen molar-refractivity contribution in [1.29, 1.82) is 0 Å². The van der Waals surface area contributed by atoms with E-state index in [1.807, 2.05) is 6.92 Å². The van der Waals surface area contributed by atoms with Gasteiger partial charge in [0.25, 0.3) is 0 Å². The molecule has 2 atom stereocenters. The Bertz CT molecular complexity index is 389. The summed E-state index contributed by atoms with van der Waals surface area (Å²) in [5.41, 5.74) is 1.54. The zero-order chi connectivity index (χ0) is 14.3. The molecule has 0 saturated carbocycles. The molecule has 0 aliphatic heterocycles. The van der Waals surface area contributed by atoms with Crippen LogP contribution in [0, 0.1) is 0 Å². The van der Waals surface area contributed by atoms with Crippen LogP contribution in [-0.4, -0.2) is 28.3 Å². The molecule has 2 unspecified atom stereocenters. The highest BCUT2D eigenvalue weighted by Gasteiger charge is 2.22. The van der Waals surface area contributed by atoms with Crippen molar-refractivity contribution >= 4 is 10.8 Å². The number of benzene rings is 1. The van der Waals surface area contributed by atoms with Crippen LogP contribution in [0.1, 0.15) is 39.7 Å². The normalized spacial score (nSPS) is 15.2. The maximum Gasteiger partial charge on any atom is 0.0360 e. The molecule has 0 aliphatic carbocycles. The van der Waals surface area contributed by atoms with Gasteiger partial charge in [0.15, 0.2) is 0 Å². The lowest BCUT2D eigenvalue weighted by molar-refractivity contribution is 0.395. The van der Waals surface area contributed by atoms with Gasteiger partial charge < -0.3 is 5.32 Å². The lowest BCUT2D eigenvalue weighted by Crippen LogP contribution is -2.35. The summed E-state index contributed by atoms with van der Waals surface area (Å²) >= 11 is 0. The van der Waals surface area contributed by atoms with E-state index >= 15 is 0 Å². The number of nitrogens with one attached hydrogen (secondary N) is 1. The molecule has 0 radical (unpaired) electrons. The molecule has 1 N–H and O–H groups in total. The van der Waals surface area contributed by atoms with Gasteiger partial charge >= 0.3 is 0 Å². The molecule has 0 aromatic heterocycles. The van der Waals surface area contributed by atoms with Gasteiger partial charge in [-0.3, -0.25) is 4.21 Å². The third-order valence-corrected chi connectivity index (χ3v) is 4.82. The molecule has 2 nitrogen and oxygen atoms in total. The lowest BCUT2D eigenvalue weighted by Gasteiger charge is -2.29. The second-order valence-electron chi connectivity index (χ2n) is 5.74. The zero-order valence-electron chi connectivity index (χ0n) is 12.6. The molecule has 0 saturated heterocycles. The van der Waals surface area contributed by atoms with Gasteiger partial charge in [0.1, 0.15) is 0 Å². The van der Waals surface area contributed by atoms with E-state index in [0.717, 1.165) is 24.5 Å². The summed E-state index contributed by atoms with van der Waals surface area (Å²) in [6.07, 6.45) is 1.08. The molecule has 0 aliphatic rings. The van der Waals surface area contributed by atoms with Crippen LogP contribution >= 0.6 is 0 Å². The molecule has 0 bridgehead atoms. The van der Waals surface area contributed by atoms with E-state index in [1.165, 1.54) is 5.56 Å². The average molecular weight is 281 g/mol. The van der Waals surface area contributed by atoms with E-state index in [2.05, 4.69) is 56.4 Å². The van der Waals surface area contributed by atoms with Gasteiger partial charge in [-0.15, -0.1) is 0 Å². The van der Waals surface area contributed by atoms with Gasteiger partial charge in [0, 0.05) is 34.9 Å². The summed E-state index contributed by atoms with van der Waals surface area (Å²) in [7, 11) is -0.665. The first-order valence-corrected chi connectivity index (χ1v) is 8.58. The van der Waals surface area contributed by atoms with E-state index in [-0.39, 0.29) is 5.41 Å². The van der Waals surface area contributed by atoms with Crippen molar-refractivity contribution < 1.29 is 4.21 Å². The molecular formula is C16H27NOS. The fourth-order valence-electron chi connectivity index (χ4n) is 2.41. The van der Waals surface area contributed by atoms with Crippen LogP contribution in [0.3, 0.4) is 0 Å². The quantitative estimate of drug-likeness (QED) is 0.793. The third-order valence-electron chi connectivity index (χ3n) is 3.52. The molecule has 3 heteroatoms. The maximum atomic E-state index is 11.4. The number of hydrogen-bond donors (Lipinski definition) is 1. The summed E-state index contributed by atoms with van der Waals surface area (Å²) in [5, 5.41) is 3.48. The Hall–Kier alpha value is -0.670. The number of hydrogen-bond acceptors (Lipinski definition) is 2. The van der Waals surface area contributed by atoms with Crippen LogP contribution < -0.4 is 5.32 Å². The van der Waals surface area contributed by atoms with Crippen LogP contribution in [0.25, 0.3) is 0 Å². The summed E-state index contributed by atoms with van der Waals surface area (Å²) in [4.78, 5) is 0. The second-order valence-corrected chi connectivity index (χ2v) is 7.61. The predicted molar refractivity (Wildman–Crippen MR) is 85.1 cm³/mol. The van der Waals surface area contributed by atoms with Crippen molar-refractivity contribution in [3.63, 3.8) is 0 Å². The Morgan fingerprint density at radius 3 is 2.47 bits per heavy atom.